The first-order valence-corrected chi connectivity index (χ1v) is 11.0. The second-order valence-electron chi connectivity index (χ2n) is 6.91. The first-order chi connectivity index (χ1) is 13.0. The number of amides is 1. The van der Waals surface area contributed by atoms with Crippen LogP contribution in [-0.4, -0.2) is 76.5 Å². The quantitative estimate of drug-likeness (QED) is 0.481. The molecule has 3 N–H and O–H groups in total. The number of benzene rings is 1. The maximum atomic E-state index is 11.9. The van der Waals surface area contributed by atoms with Crippen molar-refractivity contribution in [3.8, 4) is 0 Å². The molecule has 27 heavy (non-hydrogen) atoms. The fraction of sp³-hybridized carbons (Fsp3) is 0.556. The normalized spacial score (nSPS) is 22.6. The second-order valence-corrected chi connectivity index (χ2v) is 9.21. The minimum absolute atomic E-state index is 0.0310. The summed E-state index contributed by atoms with van der Waals surface area (Å²) in [6, 6.07) is 7.86. The van der Waals surface area contributed by atoms with Gasteiger partial charge in [0.05, 0.1) is 11.5 Å². The van der Waals surface area contributed by atoms with Crippen LogP contribution in [-0.2, 0) is 14.6 Å². The first-order valence-electron chi connectivity index (χ1n) is 9.23. The maximum absolute atomic E-state index is 11.9. The van der Waals surface area contributed by atoms with Gasteiger partial charge >= 0.3 is 0 Å². The number of fused-ring (bicyclic) bond motifs is 1. The lowest BCUT2D eigenvalue weighted by atomic mass is 9.90. The van der Waals surface area contributed by atoms with Gasteiger partial charge in [-0.2, -0.15) is 0 Å². The van der Waals surface area contributed by atoms with E-state index in [9.17, 15) is 13.2 Å². The van der Waals surface area contributed by atoms with Crippen molar-refractivity contribution < 1.29 is 13.2 Å². The number of nitrogens with zero attached hydrogens (tertiary/aromatic N) is 2. The van der Waals surface area contributed by atoms with Crippen molar-refractivity contribution in [1.82, 2.24) is 15.5 Å². The topological polar surface area (TPSA) is 103 Å². The van der Waals surface area contributed by atoms with Gasteiger partial charge in [-0.3, -0.25) is 14.7 Å². The average molecular weight is 394 g/mol. The van der Waals surface area contributed by atoms with Gasteiger partial charge in [0.1, 0.15) is 0 Å². The Kier molecular flexibility index (Phi) is 6.33. The summed E-state index contributed by atoms with van der Waals surface area (Å²) in [7, 11) is -1.13. The highest BCUT2D eigenvalue weighted by molar-refractivity contribution is 7.91. The van der Waals surface area contributed by atoms with E-state index in [1.807, 2.05) is 24.3 Å². The molecule has 2 heterocycles. The number of hydrogen-bond donors (Lipinski definition) is 3. The van der Waals surface area contributed by atoms with Crippen molar-refractivity contribution >= 4 is 27.4 Å². The molecule has 0 saturated carbocycles. The van der Waals surface area contributed by atoms with Gasteiger partial charge in [-0.15, -0.1) is 0 Å². The fourth-order valence-corrected chi connectivity index (χ4v) is 4.71. The van der Waals surface area contributed by atoms with Crippen molar-refractivity contribution in [3.05, 3.63) is 29.8 Å². The molecule has 9 heteroatoms. The van der Waals surface area contributed by atoms with Crippen LogP contribution in [0.3, 0.4) is 0 Å². The molecule has 0 bridgehead atoms. The van der Waals surface area contributed by atoms with E-state index < -0.39 is 9.84 Å². The zero-order valence-electron chi connectivity index (χ0n) is 15.6. The largest absolute Gasteiger partial charge is 0.356 e. The molecule has 1 atom stereocenters. The van der Waals surface area contributed by atoms with Gasteiger partial charge < -0.3 is 16.0 Å². The number of anilines is 1. The average Bonchev–Trinajstić information content (AvgIpc) is 2.65. The summed E-state index contributed by atoms with van der Waals surface area (Å²) >= 11 is 0. The third-order valence-electron chi connectivity index (χ3n) is 5.00. The zero-order chi connectivity index (χ0) is 19.3. The van der Waals surface area contributed by atoms with E-state index >= 15 is 0 Å². The molecule has 1 unspecified atom stereocenters. The van der Waals surface area contributed by atoms with Gasteiger partial charge in [0.2, 0.25) is 5.91 Å². The van der Waals surface area contributed by atoms with Crippen LogP contribution in [0.5, 0.6) is 0 Å². The molecule has 1 amide bonds. The number of para-hydroxylation sites is 1. The summed E-state index contributed by atoms with van der Waals surface area (Å²) in [5.41, 5.74) is 2.01. The lowest BCUT2D eigenvalue weighted by Crippen LogP contribution is -2.46. The number of hydrogen-bond acceptors (Lipinski definition) is 5. The van der Waals surface area contributed by atoms with E-state index in [0.29, 0.717) is 38.6 Å². The highest BCUT2D eigenvalue weighted by Gasteiger charge is 2.25. The number of rotatable bonds is 5. The van der Waals surface area contributed by atoms with E-state index in [4.69, 9.17) is 0 Å². The molecule has 1 saturated heterocycles. The van der Waals surface area contributed by atoms with Crippen LogP contribution in [0.2, 0.25) is 0 Å². The summed E-state index contributed by atoms with van der Waals surface area (Å²) in [6.45, 7) is 3.24. The van der Waals surface area contributed by atoms with Crippen LogP contribution < -0.4 is 16.0 Å². The Morgan fingerprint density at radius 1 is 1.26 bits per heavy atom. The van der Waals surface area contributed by atoms with Crippen LogP contribution in [0.1, 0.15) is 17.9 Å². The number of nitrogens with one attached hydrogen (secondary N) is 3. The summed E-state index contributed by atoms with van der Waals surface area (Å²) in [4.78, 5) is 18.3. The Balaban J connectivity index is 1.45. The van der Waals surface area contributed by atoms with E-state index in [1.54, 1.807) is 7.05 Å². The third kappa shape index (κ3) is 5.43. The summed E-state index contributed by atoms with van der Waals surface area (Å²) < 4.78 is 22.9. The monoisotopic (exact) mass is 393 g/mol. The molecular weight excluding hydrogens is 366 g/mol. The van der Waals surface area contributed by atoms with Crippen LogP contribution in [0.4, 0.5) is 5.69 Å². The minimum Gasteiger partial charge on any atom is -0.356 e. The molecule has 2 aliphatic heterocycles. The van der Waals surface area contributed by atoms with Gasteiger partial charge in [0, 0.05) is 57.8 Å². The minimum atomic E-state index is -2.84. The fourth-order valence-electron chi connectivity index (χ4n) is 3.43. The van der Waals surface area contributed by atoms with E-state index in [-0.39, 0.29) is 23.3 Å². The molecule has 1 aromatic rings. The van der Waals surface area contributed by atoms with Gasteiger partial charge in [-0.05, 0) is 11.6 Å². The highest BCUT2D eigenvalue weighted by atomic mass is 32.2. The maximum Gasteiger partial charge on any atom is 0.225 e. The Morgan fingerprint density at radius 3 is 2.74 bits per heavy atom. The summed E-state index contributed by atoms with van der Waals surface area (Å²) in [5.74, 6) is 1.29. The first kappa shape index (κ1) is 19.6. The Hall–Kier alpha value is -2.13. The molecule has 1 aromatic carbocycles. The van der Waals surface area contributed by atoms with E-state index in [2.05, 4.69) is 25.8 Å². The molecule has 0 radical (unpaired) electrons. The number of carbonyl (C=O) groups is 1. The molecule has 148 valence electrons. The molecule has 1 fully saturated rings. The molecule has 8 nitrogen and oxygen atoms in total. The Bertz CT molecular complexity index is 795. The van der Waals surface area contributed by atoms with Crippen molar-refractivity contribution in [2.45, 2.75) is 12.3 Å². The number of carbonyl (C=O) groups excluding carboxylic acids is 1. The lowest BCUT2D eigenvalue weighted by Gasteiger charge is -2.27. The number of aliphatic imine (C=N–C) groups is 1. The van der Waals surface area contributed by atoms with E-state index in [1.165, 1.54) is 0 Å². The second kappa shape index (κ2) is 8.71. The number of sulfone groups is 1. The zero-order valence-corrected chi connectivity index (χ0v) is 16.4. The molecule has 0 spiro atoms. The van der Waals surface area contributed by atoms with Gasteiger partial charge in [0.15, 0.2) is 15.8 Å². The third-order valence-corrected chi connectivity index (χ3v) is 6.61. The van der Waals surface area contributed by atoms with Crippen LogP contribution in [0.25, 0.3) is 0 Å². The molecule has 2 aliphatic rings. The van der Waals surface area contributed by atoms with E-state index in [0.717, 1.165) is 17.8 Å². The Labute approximate surface area is 160 Å². The smallest absolute Gasteiger partial charge is 0.225 e. The molecular formula is C18H27N5O3S. The molecule has 0 aromatic heterocycles. The van der Waals surface area contributed by atoms with Crippen LogP contribution >= 0.6 is 0 Å². The summed E-state index contributed by atoms with van der Waals surface area (Å²) in [5, 5.41) is 9.46. The van der Waals surface area contributed by atoms with Crippen LogP contribution in [0, 0.1) is 0 Å². The van der Waals surface area contributed by atoms with Crippen molar-refractivity contribution in [3.63, 3.8) is 0 Å². The predicted molar refractivity (Wildman–Crippen MR) is 107 cm³/mol. The van der Waals surface area contributed by atoms with Gasteiger partial charge in [-0.25, -0.2) is 8.42 Å². The molecule has 0 aliphatic carbocycles. The van der Waals surface area contributed by atoms with Crippen molar-refractivity contribution in [2.75, 3.05) is 56.6 Å². The van der Waals surface area contributed by atoms with Crippen molar-refractivity contribution in [2.24, 2.45) is 4.99 Å². The molecule has 3 rings (SSSR count). The van der Waals surface area contributed by atoms with Crippen molar-refractivity contribution in [1.29, 1.82) is 0 Å². The van der Waals surface area contributed by atoms with Gasteiger partial charge in [0.25, 0.3) is 0 Å². The van der Waals surface area contributed by atoms with Crippen LogP contribution in [0.15, 0.2) is 29.3 Å². The number of guanidine groups is 1. The SMILES string of the molecule is CN=C(NCCN1CCS(=O)(=O)CC1)NCC1CC(=O)Nc2ccccc21. The lowest BCUT2D eigenvalue weighted by molar-refractivity contribution is -0.116. The highest BCUT2D eigenvalue weighted by Crippen LogP contribution is 2.31. The Morgan fingerprint density at radius 2 is 2.00 bits per heavy atom. The predicted octanol–water partition coefficient (Wildman–Crippen LogP) is 0.00780. The summed E-state index contributed by atoms with van der Waals surface area (Å²) in [6.07, 6.45) is 0.448. The standard InChI is InChI=1S/C18H27N5O3S/c1-19-18(20-6-7-23-8-10-27(25,26)11-9-23)21-13-14-12-17(24)22-16-5-3-2-4-15(14)16/h2-5,14H,6-13H2,1H3,(H,22,24)(H2,19,20,21). The van der Waals surface area contributed by atoms with Gasteiger partial charge in [-0.1, -0.05) is 18.2 Å².